The lowest BCUT2D eigenvalue weighted by atomic mass is 10.1. The Morgan fingerprint density at radius 1 is 1.21 bits per heavy atom. The third-order valence-corrected chi connectivity index (χ3v) is 4.97. The first kappa shape index (κ1) is 17.0. The molecule has 1 unspecified atom stereocenters. The second kappa shape index (κ2) is 7.81. The van der Waals surface area contributed by atoms with Crippen molar-refractivity contribution in [3.63, 3.8) is 0 Å². The fourth-order valence-electron chi connectivity index (χ4n) is 2.55. The van der Waals surface area contributed by atoms with E-state index in [9.17, 15) is 4.79 Å². The molecule has 1 atom stereocenters. The van der Waals surface area contributed by atoms with Crippen molar-refractivity contribution in [2.45, 2.75) is 25.5 Å². The maximum Gasteiger partial charge on any atom is 0.255 e. The molecule has 0 heterocycles. The summed E-state index contributed by atoms with van der Waals surface area (Å²) in [6.45, 7) is 0.898. The molecule has 0 saturated heterocycles. The molecule has 1 saturated carbocycles. The van der Waals surface area contributed by atoms with Crippen molar-refractivity contribution in [2.75, 3.05) is 6.54 Å². The van der Waals surface area contributed by atoms with E-state index in [0.29, 0.717) is 30.4 Å². The summed E-state index contributed by atoms with van der Waals surface area (Å²) in [4.78, 5) is 12.4. The average Bonchev–Trinajstić information content (AvgIpc) is 3.44. The quantitative estimate of drug-likeness (QED) is 0.762. The van der Waals surface area contributed by atoms with Crippen LogP contribution >= 0.6 is 15.9 Å². The molecule has 0 spiro atoms. The van der Waals surface area contributed by atoms with Crippen LogP contribution in [0.1, 0.15) is 28.8 Å². The zero-order chi connectivity index (χ0) is 16.9. The van der Waals surface area contributed by atoms with Crippen LogP contribution in [0.15, 0.2) is 53.0 Å². The number of carbonyl (C=O) groups is 1. The van der Waals surface area contributed by atoms with Gasteiger partial charge in [-0.3, -0.25) is 4.79 Å². The Balaban J connectivity index is 1.63. The highest BCUT2D eigenvalue weighted by Gasteiger charge is 2.28. The Hall–Kier alpha value is -1.85. The number of nitrogens with two attached hydrogens (primary N) is 1. The second-order valence-electron chi connectivity index (χ2n) is 6.09. The molecule has 5 heteroatoms. The van der Waals surface area contributed by atoms with Crippen LogP contribution in [0.3, 0.4) is 0 Å². The van der Waals surface area contributed by atoms with Crippen molar-refractivity contribution in [3.8, 4) is 5.75 Å². The van der Waals surface area contributed by atoms with Gasteiger partial charge in [0.25, 0.3) is 5.91 Å². The number of hydrogen-bond acceptors (Lipinski definition) is 3. The first-order valence-electron chi connectivity index (χ1n) is 8.14. The summed E-state index contributed by atoms with van der Waals surface area (Å²) < 4.78 is 6.86. The molecule has 0 aromatic heterocycles. The molecule has 2 aromatic rings. The maximum absolute atomic E-state index is 12.4. The fourth-order valence-corrected chi connectivity index (χ4v) is 2.95. The van der Waals surface area contributed by atoms with E-state index < -0.39 is 0 Å². The minimum Gasteiger partial charge on any atom is -0.488 e. The SMILES string of the molecule is NC(CNC(=O)c1ccccc1OCc1ccccc1Br)C1CC1. The molecule has 3 rings (SSSR count). The van der Waals surface area contributed by atoms with Crippen LogP contribution in [0.2, 0.25) is 0 Å². The van der Waals surface area contributed by atoms with Gasteiger partial charge in [0.05, 0.1) is 5.56 Å². The van der Waals surface area contributed by atoms with E-state index in [-0.39, 0.29) is 11.9 Å². The Morgan fingerprint density at radius 3 is 2.67 bits per heavy atom. The first-order valence-corrected chi connectivity index (χ1v) is 8.93. The molecule has 3 N–H and O–H groups in total. The number of carbonyl (C=O) groups excluding carboxylic acids is 1. The molecule has 24 heavy (non-hydrogen) atoms. The van der Waals surface area contributed by atoms with Gasteiger partial charge < -0.3 is 15.8 Å². The van der Waals surface area contributed by atoms with Crippen LogP contribution in [0.4, 0.5) is 0 Å². The van der Waals surface area contributed by atoms with Gasteiger partial charge >= 0.3 is 0 Å². The fraction of sp³-hybridized carbons (Fsp3) is 0.316. The number of benzene rings is 2. The summed E-state index contributed by atoms with van der Waals surface area (Å²) >= 11 is 3.50. The van der Waals surface area contributed by atoms with E-state index in [1.165, 1.54) is 12.8 Å². The van der Waals surface area contributed by atoms with E-state index in [0.717, 1.165) is 10.0 Å². The number of nitrogens with one attached hydrogen (secondary N) is 1. The first-order chi connectivity index (χ1) is 11.6. The zero-order valence-electron chi connectivity index (χ0n) is 13.4. The predicted octanol–water partition coefficient (Wildman–Crippen LogP) is 3.50. The molecule has 2 aromatic carbocycles. The summed E-state index contributed by atoms with van der Waals surface area (Å²) in [6.07, 6.45) is 2.34. The van der Waals surface area contributed by atoms with Crippen molar-refractivity contribution in [3.05, 3.63) is 64.1 Å². The lowest BCUT2D eigenvalue weighted by molar-refractivity contribution is 0.0945. The van der Waals surface area contributed by atoms with Crippen molar-refractivity contribution in [1.82, 2.24) is 5.32 Å². The normalized spacial score (nSPS) is 14.9. The van der Waals surface area contributed by atoms with E-state index in [1.54, 1.807) is 6.07 Å². The lowest BCUT2D eigenvalue weighted by Crippen LogP contribution is -2.38. The van der Waals surface area contributed by atoms with E-state index in [4.69, 9.17) is 10.5 Å². The van der Waals surface area contributed by atoms with Crippen molar-refractivity contribution >= 4 is 21.8 Å². The number of ether oxygens (including phenoxy) is 1. The monoisotopic (exact) mass is 388 g/mol. The van der Waals surface area contributed by atoms with Gasteiger partial charge in [-0.25, -0.2) is 0 Å². The summed E-state index contributed by atoms with van der Waals surface area (Å²) in [5.41, 5.74) is 7.61. The molecular formula is C19H21BrN2O2. The van der Waals surface area contributed by atoms with Crippen LogP contribution in [0.5, 0.6) is 5.75 Å². The lowest BCUT2D eigenvalue weighted by Gasteiger charge is -2.14. The standard InChI is InChI=1S/C19H21BrN2O2/c20-16-7-3-1-5-14(16)12-24-18-8-4-2-6-15(18)19(23)22-11-17(21)13-9-10-13/h1-8,13,17H,9-12,21H2,(H,22,23). The van der Waals surface area contributed by atoms with Gasteiger partial charge in [-0.05, 0) is 37.0 Å². The van der Waals surface area contributed by atoms with E-state index in [1.807, 2.05) is 42.5 Å². The van der Waals surface area contributed by atoms with Gasteiger partial charge in [0, 0.05) is 22.6 Å². The molecule has 1 amide bonds. The summed E-state index contributed by atoms with van der Waals surface area (Å²) in [6, 6.07) is 15.2. The minimum absolute atomic E-state index is 0.0438. The second-order valence-corrected chi connectivity index (χ2v) is 6.94. The average molecular weight is 389 g/mol. The van der Waals surface area contributed by atoms with Crippen molar-refractivity contribution in [1.29, 1.82) is 0 Å². The van der Waals surface area contributed by atoms with Gasteiger partial charge in [-0.2, -0.15) is 0 Å². The highest BCUT2D eigenvalue weighted by atomic mass is 79.9. The Kier molecular flexibility index (Phi) is 5.53. The number of rotatable bonds is 7. The molecule has 0 radical (unpaired) electrons. The summed E-state index contributed by atoms with van der Waals surface area (Å²) in [7, 11) is 0. The van der Waals surface area contributed by atoms with Gasteiger partial charge in [0.2, 0.25) is 0 Å². The number of halogens is 1. The number of para-hydroxylation sites is 1. The largest absolute Gasteiger partial charge is 0.488 e. The Labute approximate surface area is 150 Å². The van der Waals surface area contributed by atoms with Crippen LogP contribution in [-0.2, 0) is 6.61 Å². The molecule has 1 fully saturated rings. The van der Waals surface area contributed by atoms with E-state index >= 15 is 0 Å². The van der Waals surface area contributed by atoms with Gasteiger partial charge in [0.1, 0.15) is 12.4 Å². The molecule has 1 aliphatic carbocycles. The maximum atomic E-state index is 12.4. The molecule has 0 aliphatic heterocycles. The van der Waals surface area contributed by atoms with Gasteiger partial charge in [-0.1, -0.05) is 46.3 Å². The molecule has 4 nitrogen and oxygen atoms in total. The molecular weight excluding hydrogens is 368 g/mol. The van der Waals surface area contributed by atoms with Crippen molar-refractivity contribution in [2.24, 2.45) is 11.7 Å². The third-order valence-electron chi connectivity index (χ3n) is 4.20. The molecule has 1 aliphatic rings. The van der Waals surface area contributed by atoms with Crippen molar-refractivity contribution < 1.29 is 9.53 Å². The molecule has 126 valence electrons. The van der Waals surface area contributed by atoms with Gasteiger partial charge in [-0.15, -0.1) is 0 Å². The van der Waals surface area contributed by atoms with Crippen LogP contribution < -0.4 is 15.8 Å². The Bertz CT molecular complexity index is 716. The minimum atomic E-state index is -0.145. The smallest absolute Gasteiger partial charge is 0.255 e. The van der Waals surface area contributed by atoms with Gasteiger partial charge in [0.15, 0.2) is 0 Å². The number of hydrogen-bond donors (Lipinski definition) is 2. The van der Waals surface area contributed by atoms with Crippen LogP contribution in [0.25, 0.3) is 0 Å². The highest BCUT2D eigenvalue weighted by Crippen LogP contribution is 2.31. The number of amides is 1. The van der Waals surface area contributed by atoms with E-state index in [2.05, 4.69) is 21.2 Å². The predicted molar refractivity (Wildman–Crippen MR) is 97.9 cm³/mol. The Morgan fingerprint density at radius 2 is 1.92 bits per heavy atom. The highest BCUT2D eigenvalue weighted by molar-refractivity contribution is 9.10. The zero-order valence-corrected chi connectivity index (χ0v) is 15.0. The van der Waals surface area contributed by atoms with Crippen LogP contribution in [-0.4, -0.2) is 18.5 Å². The summed E-state index contributed by atoms with van der Waals surface area (Å²) in [5.74, 6) is 0.992. The molecule has 0 bridgehead atoms. The third kappa shape index (κ3) is 4.36. The van der Waals surface area contributed by atoms with Crippen LogP contribution in [0, 0.1) is 5.92 Å². The summed E-state index contributed by atoms with van der Waals surface area (Å²) in [5, 5.41) is 2.92. The topological polar surface area (TPSA) is 64.3 Å².